The molecule has 2 amide bonds. The van der Waals surface area contributed by atoms with Crippen LogP contribution in [0.4, 0.5) is 5.13 Å². The molecule has 2 aromatic carbocycles. The minimum absolute atomic E-state index is 0.0890. The first-order valence-electron chi connectivity index (χ1n) is 11.9. The third kappa shape index (κ3) is 6.64. The number of anilines is 1. The van der Waals surface area contributed by atoms with Gasteiger partial charge in [-0.05, 0) is 31.9 Å². The van der Waals surface area contributed by atoms with E-state index in [1.807, 2.05) is 93.2 Å². The SMILES string of the molecule is Cc1ccc(C(=O)NC(c2nnc(SCC(=O)Nc3nc(-c4ccc(C)cc4)cs3)n2C)C(C)C)cc1. The summed E-state index contributed by atoms with van der Waals surface area (Å²) in [6.07, 6.45) is 0. The number of hydrogen-bond donors (Lipinski definition) is 2. The fourth-order valence-electron chi connectivity index (χ4n) is 3.66. The average Bonchev–Trinajstić information content (AvgIpc) is 3.48. The van der Waals surface area contributed by atoms with Crippen molar-refractivity contribution in [1.82, 2.24) is 25.1 Å². The van der Waals surface area contributed by atoms with Gasteiger partial charge in [-0.25, -0.2) is 4.98 Å². The van der Waals surface area contributed by atoms with Crippen LogP contribution < -0.4 is 10.6 Å². The number of carbonyl (C=O) groups excluding carboxylic acids is 2. The number of rotatable bonds is 9. The Bertz CT molecular complexity index is 1380. The Balaban J connectivity index is 1.37. The van der Waals surface area contributed by atoms with Gasteiger partial charge in [0.15, 0.2) is 16.1 Å². The first-order chi connectivity index (χ1) is 17.7. The lowest BCUT2D eigenvalue weighted by molar-refractivity contribution is -0.113. The second-order valence-corrected chi connectivity index (χ2v) is 11.0. The molecule has 0 fully saturated rings. The van der Waals surface area contributed by atoms with Crippen LogP contribution in [0.3, 0.4) is 0 Å². The lowest BCUT2D eigenvalue weighted by Crippen LogP contribution is -2.33. The first kappa shape index (κ1) is 26.6. The van der Waals surface area contributed by atoms with Crippen molar-refractivity contribution in [3.63, 3.8) is 0 Å². The van der Waals surface area contributed by atoms with E-state index in [4.69, 9.17) is 0 Å². The lowest BCUT2D eigenvalue weighted by atomic mass is 10.0. The molecule has 192 valence electrons. The highest BCUT2D eigenvalue weighted by Crippen LogP contribution is 2.27. The van der Waals surface area contributed by atoms with E-state index in [0.29, 0.717) is 21.7 Å². The van der Waals surface area contributed by atoms with Gasteiger partial charge in [-0.1, -0.05) is 73.1 Å². The lowest BCUT2D eigenvalue weighted by Gasteiger charge is -2.21. The van der Waals surface area contributed by atoms with E-state index in [1.54, 1.807) is 0 Å². The summed E-state index contributed by atoms with van der Waals surface area (Å²) in [6.45, 7) is 8.07. The topological polar surface area (TPSA) is 102 Å². The highest BCUT2D eigenvalue weighted by Gasteiger charge is 2.25. The van der Waals surface area contributed by atoms with E-state index in [0.717, 1.165) is 16.8 Å². The highest BCUT2D eigenvalue weighted by molar-refractivity contribution is 7.99. The van der Waals surface area contributed by atoms with Gasteiger partial charge in [0.2, 0.25) is 5.91 Å². The van der Waals surface area contributed by atoms with E-state index >= 15 is 0 Å². The molecule has 0 aliphatic carbocycles. The molecule has 0 aliphatic heterocycles. The summed E-state index contributed by atoms with van der Waals surface area (Å²) >= 11 is 2.68. The largest absolute Gasteiger partial charge is 0.342 e. The summed E-state index contributed by atoms with van der Waals surface area (Å²) in [4.78, 5) is 29.9. The normalized spacial score (nSPS) is 11.9. The maximum Gasteiger partial charge on any atom is 0.251 e. The Labute approximate surface area is 224 Å². The quantitative estimate of drug-likeness (QED) is 0.278. The number of hydrogen-bond acceptors (Lipinski definition) is 7. The van der Waals surface area contributed by atoms with Gasteiger partial charge in [0.05, 0.1) is 17.5 Å². The molecule has 10 heteroatoms. The first-order valence-corrected chi connectivity index (χ1v) is 13.8. The van der Waals surface area contributed by atoms with Gasteiger partial charge in [-0.3, -0.25) is 9.59 Å². The molecule has 0 spiro atoms. The summed E-state index contributed by atoms with van der Waals surface area (Å²) in [7, 11) is 1.84. The number of aromatic nitrogens is 4. The predicted octanol–water partition coefficient (Wildman–Crippen LogP) is 5.41. The second kappa shape index (κ2) is 11.7. The van der Waals surface area contributed by atoms with Crippen LogP contribution in [-0.4, -0.2) is 37.3 Å². The molecule has 2 heterocycles. The number of carbonyl (C=O) groups is 2. The van der Waals surface area contributed by atoms with Crippen LogP contribution in [0.5, 0.6) is 0 Å². The summed E-state index contributed by atoms with van der Waals surface area (Å²) in [5, 5.41) is 17.6. The third-order valence-corrected chi connectivity index (χ3v) is 7.62. The standard InChI is InChI=1S/C27H30N6O2S2/c1-16(2)23(30-25(35)20-12-8-18(4)9-13-20)24-31-32-27(33(24)5)37-15-22(34)29-26-28-21(14-36-26)19-10-6-17(3)7-11-19/h6-14,16,23H,15H2,1-5H3,(H,30,35)(H,28,29,34). The van der Waals surface area contributed by atoms with Crippen LogP contribution in [0.2, 0.25) is 0 Å². The summed E-state index contributed by atoms with van der Waals surface area (Å²) in [6, 6.07) is 15.2. The molecule has 1 unspecified atom stereocenters. The molecule has 2 N–H and O–H groups in total. The Morgan fingerprint density at radius 2 is 1.65 bits per heavy atom. The van der Waals surface area contributed by atoms with Crippen molar-refractivity contribution in [2.24, 2.45) is 13.0 Å². The molecule has 0 bridgehead atoms. The van der Waals surface area contributed by atoms with Crippen LogP contribution in [0.1, 0.15) is 47.2 Å². The smallest absolute Gasteiger partial charge is 0.251 e. The number of thioether (sulfide) groups is 1. The molecule has 37 heavy (non-hydrogen) atoms. The molecule has 4 aromatic rings. The van der Waals surface area contributed by atoms with Crippen LogP contribution >= 0.6 is 23.1 Å². The van der Waals surface area contributed by atoms with E-state index in [2.05, 4.69) is 25.8 Å². The van der Waals surface area contributed by atoms with Crippen LogP contribution in [0, 0.1) is 19.8 Å². The average molecular weight is 535 g/mol. The van der Waals surface area contributed by atoms with Crippen LogP contribution in [0.15, 0.2) is 59.1 Å². The number of amides is 2. The van der Waals surface area contributed by atoms with Crippen molar-refractivity contribution in [2.45, 2.75) is 38.9 Å². The number of thiazole rings is 1. The zero-order valence-electron chi connectivity index (χ0n) is 21.5. The Kier molecular flexibility index (Phi) is 8.40. The van der Waals surface area contributed by atoms with Gasteiger partial charge in [-0.2, -0.15) is 0 Å². The Morgan fingerprint density at radius 1 is 1.00 bits per heavy atom. The van der Waals surface area contributed by atoms with Gasteiger partial charge >= 0.3 is 0 Å². The van der Waals surface area contributed by atoms with Crippen molar-refractivity contribution in [1.29, 1.82) is 0 Å². The van der Waals surface area contributed by atoms with E-state index in [-0.39, 0.29) is 29.5 Å². The van der Waals surface area contributed by atoms with Gasteiger partial charge in [0.25, 0.3) is 5.91 Å². The number of nitrogens with zero attached hydrogens (tertiary/aromatic N) is 4. The number of nitrogens with one attached hydrogen (secondary N) is 2. The fourth-order valence-corrected chi connectivity index (χ4v) is 5.11. The molecule has 0 saturated heterocycles. The van der Waals surface area contributed by atoms with Crippen molar-refractivity contribution < 1.29 is 9.59 Å². The van der Waals surface area contributed by atoms with Gasteiger partial charge < -0.3 is 15.2 Å². The highest BCUT2D eigenvalue weighted by atomic mass is 32.2. The van der Waals surface area contributed by atoms with Gasteiger partial charge in [0.1, 0.15) is 0 Å². The summed E-state index contributed by atoms with van der Waals surface area (Å²) in [5.74, 6) is 0.552. The molecule has 8 nitrogen and oxygen atoms in total. The summed E-state index contributed by atoms with van der Waals surface area (Å²) in [5.41, 5.74) is 4.72. The maximum absolute atomic E-state index is 12.8. The predicted molar refractivity (Wildman–Crippen MR) is 149 cm³/mol. The van der Waals surface area contributed by atoms with Gasteiger partial charge in [0, 0.05) is 23.6 Å². The Hall–Kier alpha value is -3.50. The minimum atomic E-state index is -0.329. The number of aryl methyl sites for hydroxylation is 2. The fraction of sp³-hybridized carbons (Fsp3) is 0.296. The van der Waals surface area contributed by atoms with E-state index in [1.165, 1.54) is 28.7 Å². The molecular formula is C27H30N6O2S2. The third-order valence-electron chi connectivity index (χ3n) is 5.84. The molecular weight excluding hydrogens is 504 g/mol. The van der Waals surface area contributed by atoms with Crippen molar-refractivity contribution >= 4 is 40.0 Å². The molecule has 2 aromatic heterocycles. The van der Waals surface area contributed by atoms with Crippen molar-refractivity contribution in [3.8, 4) is 11.3 Å². The second-order valence-electron chi connectivity index (χ2n) is 9.20. The molecule has 0 radical (unpaired) electrons. The maximum atomic E-state index is 12.8. The number of benzene rings is 2. The zero-order chi connectivity index (χ0) is 26.5. The van der Waals surface area contributed by atoms with Gasteiger partial charge in [-0.15, -0.1) is 21.5 Å². The molecule has 0 saturated carbocycles. The molecule has 1 atom stereocenters. The van der Waals surface area contributed by atoms with Crippen LogP contribution in [-0.2, 0) is 11.8 Å². The summed E-state index contributed by atoms with van der Waals surface area (Å²) < 4.78 is 1.83. The van der Waals surface area contributed by atoms with E-state index in [9.17, 15) is 9.59 Å². The van der Waals surface area contributed by atoms with Crippen molar-refractivity contribution in [3.05, 3.63) is 76.4 Å². The molecule has 0 aliphatic rings. The Morgan fingerprint density at radius 3 is 2.30 bits per heavy atom. The minimum Gasteiger partial charge on any atom is -0.342 e. The monoisotopic (exact) mass is 534 g/mol. The zero-order valence-corrected chi connectivity index (χ0v) is 23.1. The van der Waals surface area contributed by atoms with Crippen molar-refractivity contribution in [2.75, 3.05) is 11.1 Å². The molecule has 4 rings (SSSR count). The van der Waals surface area contributed by atoms with E-state index < -0.39 is 0 Å². The van der Waals surface area contributed by atoms with Crippen LogP contribution in [0.25, 0.3) is 11.3 Å².